The minimum atomic E-state index is -4.16. The smallest absolute Gasteiger partial charge is 0.264 e. The Kier molecular flexibility index (Phi) is 2.72. The van der Waals surface area contributed by atoms with Gasteiger partial charge in [0.1, 0.15) is 0 Å². The molecule has 0 amide bonds. The number of hydrogen-bond donors (Lipinski definition) is 0. The third-order valence-electron chi connectivity index (χ3n) is 2.20. The summed E-state index contributed by atoms with van der Waals surface area (Å²) < 4.78 is 22.5. The molecule has 0 radical (unpaired) electrons. The maximum atomic E-state index is 11.2. The Morgan fingerprint density at radius 3 is 2.59 bits per heavy atom. The molecule has 1 heterocycles. The first-order valence-electron chi connectivity index (χ1n) is 4.37. The number of nitro benzene ring substituents is 1. The summed E-state index contributed by atoms with van der Waals surface area (Å²) in [7, 11) is 1.00. The van der Waals surface area contributed by atoms with Gasteiger partial charge in [0, 0.05) is 28.5 Å². The summed E-state index contributed by atoms with van der Waals surface area (Å²) in [4.78, 5) is 13.5. The van der Waals surface area contributed by atoms with Crippen LogP contribution in [0.1, 0.15) is 0 Å². The molecule has 8 heteroatoms. The highest BCUT2D eigenvalue weighted by atomic mass is 35.7. The van der Waals surface area contributed by atoms with E-state index in [1.807, 2.05) is 0 Å². The van der Waals surface area contributed by atoms with Crippen LogP contribution >= 0.6 is 10.7 Å². The summed E-state index contributed by atoms with van der Waals surface area (Å²) in [6.07, 6.45) is 2.76. The molecule has 0 aliphatic heterocycles. The van der Waals surface area contributed by atoms with Crippen LogP contribution in [-0.4, -0.2) is 18.3 Å². The van der Waals surface area contributed by atoms with E-state index in [9.17, 15) is 18.5 Å². The average Bonchev–Trinajstić information content (AvgIpc) is 2.26. The third-order valence-corrected chi connectivity index (χ3v) is 3.55. The lowest BCUT2D eigenvalue weighted by atomic mass is 10.1. The number of aromatic nitrogens is 1. The van der Waals surface area contributed by atoms with Crippen molar-refractivity contribution >= 4 is 36.2 Å². The molecule has 0 fully saturated rings. The number of nitro groups is 1. The highest BCUT2D eigenvalue weighted by molar-refractivity contribution is 8.13. The van der Waals surface area contributed by atoms with Gasteiger partial charge in [-0.15, -0.1) is 0 Å². The van der Waals surface area contributed by atoms with Gasteiger partial charge in [-0.1, -0.05) is 6.07 Å². The van der Waals surface area contributed by atoms with Crippen LogP contribution in [-0.2, 0) is 9.05 Å². The van der Waals surface area contributed by atoms with Crippen LogP contribution in [0.2, 0.25) is 0 Å². The zero-order valence-corrected chi connectivity index (χ0v) is 9.77. The maximum Gasteiger partial charge on any atom is 0.297 e. The quantitative estimate of drug-likeness (QED) is 0.474. The van der Waals surface area contributed by atoms with Gasteiger partial charge in [0.2, 0.25) is 0 Å². The summed E-state index contributed by atoms with van der Waals surface area (Å²) in [5.41, 5.74) is -0.528. The van der Waals surface area contributed by atoms with Crippen LogP contribution in [0.4, 0.5) is 5.69 Å². The normalized spacial score (nSPS) is 11.6. The van der Waals surface area contributed by atoms with E-state index < -0.39 is 24.6 Å². The van der Waals surface area contributed by atoms with Crippen LogP contribution in [0.5, 0.6) is 0 Å². The van der Waals surface area contributed by atoms with Gasteiger partial charge in [0.15, 0.2) is 4.90 Å². The first-order chi connectivity index (χ1) is 7.91. The zero-order valence-electron chi connectivity index (χ0n) is 8.20. The zero-order chi connectivity index (χ0) is 12.6. The molecule has 6 nitrogen and oxygen atoms in total. The number of benzene rings is 1. The summed E-state index contributed by atoms with van der Waals surface area (Å²) in [6, 6.07) is 3.90. The maximum absolute atomic E-state index is 11.2. The molecule has 0 N–H and O–H groups in total. The Morgan fingerprint density at radius 2 is 2.00 bits per heavy atom. The van der Waals surface area contributed by atoms with Gasteiger partial charge < -0.3 is 0 Å². The van der Waals surface area contributed by atoms with Gasteiger partial charge >= 0.3 is 0 Å². The first kappa shape index (κ1) is 11.7. The summed E-state index contributed by atoms with van der Waals surface area (Å²) >= 11 is 0. The van der Waals surface area contributed by atoms with Gasteiger partial charge in [-0.2, -0.15) is 0 Å². The van der Waals surface area contributed by atoms with E-state index in [0.717, 1.165) is 6.07 Å². The molecule has 0 unspecified atom stereocenters. The standard InChI is InChI=1S/C9H5ClN2O4S/c10-17(15,16)8-2-1-6-5-11-4-3-7(6)9(8)12(13)14/h1-5H. The van der Waals surface area contributed by atoms with Crippen molar-refractivity contribution < 1.29 is 13.3 Å². The molecule has 0 saturated heterocycles. The molecule has 17 heavy (non-hydrogen) atoms. The van der Waals surface area contributed by atoms with Gasteiger partial charge in [-0.3, -0.25) is 15.1 Å². The fraction of sp³-hybridized carbons (Fsp3) is 0. The molecule has 88 valence electrons. The van der Waals surface area contributed by atoms with Crippen molar-refractivity contribution in [3.05, 3.63) is 40.7 Å². The predicted molar refractivity (Wildman–Crippen MR) is 61.4 cm³/mol. The highest BCUT2D eigenvalue weighted by Gasteiger charge is 2.26. The van der Waals surface area contributed by atoms with E-state index >= 15 is 0 Å². The average molecular weight is 273 g/mol. The number of rotatable bonds is 2. The van der Waals surface area contributed by atoms with E-state index in [1.165, 1.54) is 24.5 Å². The van der Waals surface area contributed by atoms with E-state index in [0.29, 0.717) is 5.39 Å². The lowest BCUT2D eigenvalue weighted by Gasteiger charge is -2.02. The molecule has 2 aromatic rings. The van der Waals surface area contributed by atoms with Gasteiger partial charge in [-0.05, 0) is 12.1 Å². The van der Waals surface area contributed by atoms with Gasteiger partial charge in [0.25, 0.3) is 14.7 Å². The second kappa shape index (κ2) is 3.94. The number of fused-ring (bicyclic) bond motifs is 1. The molecule has 2 rings (SSSR count). The van der Waals surface area contributed by atoms with E-state index in [1.54, 1.807) is 0 Å². The molecule has 0 bridgehead atoms. The number of hydrogen-bond acceptors (Lipinski definition) is 5. The molecule has 1 aromatic carbocycles. The summed E-state index contributed by atoms with van der Waals surface area (Å²) in [5.74, 6) is 0. The Labute approximate surface area is 100 Å². The van der Waals surface area contributed by atoms with Crippen molar-refractivity contribution in [1.29, 1.82) is 0 Å². The van der Waals surface area contributed by atoms with E-state index in [2.05, 4.69) is 4.98 Å². The van der Waals surface area contributed by atoms with Crippen molar-refractivity contribution in [2.24, 2.45) is 0 Å². The number of halogens is 1. The van der Waals surface area contributed by atoms with Crippen LogP contribution < -0.4 is 0 Å². The fourth-order valence-electron chi connectivity index (χ4n) is 1.52. The predicted octanol–water partition coefficient (Wildman–Crippen LogP) is 2.07. The van der Waals surface area contributed by atoms with Gasteiger partial charge in [0.05, 0.1) is 10.3 Å². The Hall–Kier alpha value is -1.73. The fourth-order valence-corrected chi connectivity index (χ4v) is 2.54. The molecule has 0 spiro atoms. The van der Waals surface area contributed by atoms with Crippen LogP contribution in [0.3, 0.4) is 0 Å². The van der Waals surface area contributed by atoms with E-state index in [4.69, 9.17) is 10.7 Å². The molecule has 0 aliphatic carbocycles. The Bertz CT molecular complexity index is 714. The highest BCUT2D eigenvalue weighted by Crippen LogP contribution is 2.33. The molecule has 1 aromatic heterocycles. The Morgan fingerprint density at radius 1 is 1.29 bits per heavy atom. The summed E-state index contributed by atoms with van der Waals surface area (Å²) in [6.45, 7) is 0. The van der Waals surface area contributed by atoms with Crippen LogP contribution in [0.15, 0.2) is 35.5 Å². The monoisotopic (exact) mass is 272 g/mol. The molecule has 0 saturated carbocycles. The number of pyridine rings is 1. The van der Waals surface area contributed by atoms with Crippen molar-refractivity contribution in [3.63, 3.8) is 0 Å². The van der Waals surface area contributed by atoms with Gasteiger partial charge in [-0.25, -0.2) is 8.42 Å². The molecule has 0 atom stereocenters. The third kappa shape index (κ3) is 2.06. The second-order valence-corrected chi connectivity index (χ2v) is 5.74. The van der Waals surface area contributed by atoms with Crippen molar-refractivity contribution in [2.45, 2.75) is 4.90 Å². The second-order valence-electron chi connectivity index (χ2n) is 3.20. The molecular formula is C9H5ClN2O4S. The molecular weight excluding hydrogens is 268 g/mol. The lowest BCUT2D eigenvalue weighted by molar-refractivity contribution is -0.386. The molecule has 0 aliphatic rings. The Balaban J connectivity index is 2.98. The minimum Gasteiger partial charge on any atom is -0.264 e. The SMILES string of the molecule is O=[N+]([O-])c1c(S(=O)(=O)Cl)ccc2cnccc12. The van der Waals surface area contributed by atoms with Crippen molar-refractivity contribution in [2.75, 3.05) is 0 Å². The lowest BCUT2D eigenvalue weighted by Crippen LogP contribution is -1.99. The van der Waals surface area contributed by atoms with Crippen LogP contribution in [0.25, 0.3) is 10.8 Å². The van der Waals surface area contributed by atoms with Crippen molar-refractivity contribution in [1.82, 2.24) is 4.98 Å². The van der Waals surface area contributed by atoms with E-state index in [-0.39, 0.29) is 5.39 Å². The minimum absolute atomic E-state index is 0.187. The van der Waals surface area contributed by atoms with Crippen molar-refractivity contribution in [3.8, 4) is 0 Å². The van der Waals surface area contributed by atoms with Crippen LogP contribution in [0, 0.1) is 10.1 Å². The topological polar surface area (TPSA) is 90.2 Å². The largest absolute Gasteiger partial charge is 0.297 e. The summed E-state index contributed by atoms with van der Waals surface area (Å²) in [5, 5.41) is 11.6. The first-order valence-corrected chi connectivity index (χ1v) is 6.68. The number of nitrogens with zero attached hydrogens (tertiary/aromatic N) is 2.